The van der Waals surface area contributed by atoms with Gasteiger partial charge in [-0.15, -0.1) is 0 Å². The Morgan fingerprint density at radius 1 is 1.45 bits per heavy atom. The summed E-state index contributed by atoms with van der Waals surface area (Å²) in [6, 6.07) is 0. The monoisotopic (exact) mass is 159 g/mol. The average molecular weight is 159 g/mol. The fraction of sp³-hybridized carbons (Fsp3) is 0.571. The normalized spacial score (nSPS) is 10.9. The molecule has 64 valence electrons. The number of carbonyl (C=O) groups is 1. The number of esters is 1. The molecule has 0 radical (unpaired) electrons. The molecule has 0 aliphatic carbocycles. The Morgan fingerprint density at radius 3 is 2.55 bits per heavy atom. The number of ether oxygens (including phenoxy) is 2. The second-order valence-electron chi connectivity index (χ2n) is 1.75. The summed E-state index contributed by atoms with van der Waals surface area (Å²) in [6.45, 7) is 4.32. The van der Waals surface area contributed by atoms with Gasteiger partial charge in [0.05, 0.1) is 13.2 Å². The molecule has 0 unspecified atom stereocenters. The molecule has 0 fully saturated rings. The first kappa shape index (κ1) is 9.81. The molecule has 0 aliphatic rings. The largest absolute Gasteiger partial charge is 0.499 e. The lowest BCUT2D eigenvalue weighted by Gasteiger charge is -2.00. The van der Waals surface area contributed by atoms with Gasteiger partial charge < -0.3 is 15.2 Å². The van der Waals surface area contributed by atoms with E-state index in [1.807, 2.05) is 0 Å². The summed E-state index contributed by atoms with van der Waals surface area (Å²) in [4.78, 5) is 10.8. The third-order valence-corrected chi connectivity index (χ3v) is 0.888. The van der Waals surface area contributed by atoms with Gasteiger partial charge in [0.2, 0.25) is 0 Å². The number of hydrogen-bond acceptors (Lipinski definition) is 4. The maximum atomic E-state index is 10.8. The van der Waals surface area contributed by atoms with E-state index >= 15 is 0 Å². The predicted molar refractivity (Wildman–Crippen MR) is 40.5 cm³/mol. The van der Waals surface area contributed by atoms with Gasteiger partial charge in [0.1, 0.15) is 6.26 Å². The highest BCUT2D eigenvalue weighted by Crippen LogP contribution is 1.89. The number of carbonyl (C=O) groups excluding carboxylic acids is 1. The van der Waals surface area contributed by atoms with Crippen LogP contribution in [-0.4, -0.2) is 19.2 Å². The van der Waals surface area contributed by atoms with E-state index in [-0.39, 0.29) is 5.70 Å². The van der Waals surface area contributed by atoms with E-state index in [0.717, 1.165) is 0 Å². The molecule has 0 bridgehead atoms. The van der Waals surface area contributed by atoms with Crippen LogP contribution in [0, 0.1) is 0 Å². The maximum Gasteiger partial charge on any atom is 0.357 e. The molecule has 0 atom stereocenters. The van der Waals surface area contributed by atoms with Crippen molar-refractivity contribution >= 4 is 5.97 Å². The summed E-state index contributed by atoms with van der Waals surface area (Å²) in [5.74, 6) is -0.541. The van der Waals surface area contributed by atoms with Crippen LogP contribution in [0.2, 0.25) is 0 Å². The molecule has 0 heterocycles. The van der Waals surface area contributed by atoms with Crippen molar-refractivity contribution in [3.63, 3.8) is 0 Å². The molecule has 11 heavy (non-hydrogen) atoms. The van der Waals surface area contributed by atoms with Crippen LogP contribution < -0.4 is 5.73 Å². The van der Waals surface area contributed by atoms with Crippen molar-refractivity contribution < 1.29 is 14.3 Å². The third kappa shape index (κ3) is 4.25. The highest BCUT2D eigenvalue weighted by atomic mass is 16.5. The van der Waals surface area contributed by atoms with Gasteiger partial charge >= 0.3 is 5.97 Å². The summed E-state index contributed by atoms with van der Waals surface area (Å²) in [7, 11) is 0. The third-order valence-electron chi connectivity index (χ3n) is 0.888. The molecule has 0 saturated heterocycles. The SMILES string of the molecule is CCOC=C(N)C(=O)OCC. The summed E-state index contributed by atoms with van der Waals surface area (Å²) in [6.07, 6.45) is 1.19. The quantitative estimate of drug-likeness (QED) is 0.366. The molecule has 2 N–H and O–H groups in total. The van der Waals surface area contributed by atoms with Gasteiger partial charge in [-0.3, -0.25) is 0 Å². The minimum absolute atomic E-state index is 0.00583. The lowest BCUT2D eigenvalue weighted by atomic mass is 10.5. The van der Waals surface area contributed by atoms with E-state index in [0.29, 0.717) is 13.2 Å². The van der Waals surface area contributed by atoms with Gasteiger partial charge in [-0.1, -0.05) is 0 Å². The van der Waals surface area contributed by atoms with Gasteiger partial charge in [-0.2, -0.15) is 0 Å². The zero-order chi connectivity index (χ0) is 8.69. The van der Waals surface area contributed by atoms with Gasteiger partial charge in [-0.25, -0.2) is 4.79 Å². The molecule has 0 rings (SSSR count). The molecule has 0 aromatic heterocycles. The van der Waals surface area contributed by atoms with Gasteiger partial charge in [-0.05, 0) is 13.8 Å². The predicted octanol–water partition coefficient (Wildman–Crippen LogP) is 0.386. The summed E-state index contributed by atoms with van der Waals surface area (Å²) in [5, 5.41) is 0. The Hall–Kier alpha value is -1.19. The van der Waals surface area contributed by atoms with Crippen LogP contribution in [0.25, 0.3) is 0 Å². The molecule has 0 saturated carbocycles. The lowest BCUT2D eigenvalue weighted by molar-refractivity contribution is -0.138. The fourth-order valence-electron chi connectivity index (χ4n) is 0.436. The molecular formula is C7H13NO3. The average Bonchev–Trinajstić information content (AvgIpc) is 2.00. The molecule has 4 nitrogen and oxygen atoms in total. The smallest absolute Gasteiger partial charge is 0.357 e. The van der Waals surface area contributed by atoms with Gasteiger partial charge in [0, 0.05) is 0 Å². The highest BCUT2D eigenvalue weighted by Gasteiger charge is 2.04. The van der Waals surface area contributed by atoms with Crippen LogP contribution in [0.3, 0.4) is 0 Å². The number of rotatable bonds is 4. The van der Waals surface area contributed by atoms with Crippen molar-refractivity contribution in [3.8, 4) is 0 Å². The molecule has 4 heteroatoms. The van der Waals surface area contributed by atoms with Gasteiger partial charge in [0.15, 0.2) is 5.70 Å². The first-order chi connectivity index (χ1) is 5.22. The van der Waals surface area contributed by atoms with E-state index in [4.69, 9.17) is 10.5 Å². The topological polar surface area (TPSA) is 61.5 Å². The zero-order valence-electron chi connectivity index (χ0n) is 6.79. The minimum Gasteiger partial charge on any atom is -0.499 e. The fourth-order valence-corrected chi connectivity index (χ4v) is 0.436. The Labute approximate surface area is 66.0 Å². The zero-order valence-corrected chi connectivity index (χ0v) is 6.79. The van der Waals surface area contributed by atoms with E-state index in [1.165, 1.54) is 6.26 Å². The molecule has 0 aromatic carbocycles. The Bertz CT molecular complexity index is 154. The number of hydrogen-bond donors (Lipinski definition) is 1. The van der Waals surface area contributed by atoms with Crippen LogP contribution in [0.4, 0.5) is 0 Å². The van der Waals surface area contributed by atoms with Crippen LogP contribution in [0.15, 0.2) is 12.0 Å². The Kier molecular flexibility index (Phi) is 4.98. The standard InChI is InChI=1S/C7H13NO3/c1-3-10-5-6(8)7(9)11-4-2/h5H,3-4,8H2,1-2H3. The number of nitrogens with two attached hydrogens (primary N) is 1. The Balaban J connectivity index is 3.80. The van der Waals surface area contributed by atoms with Crippen molar-refractivity contribution in [1.29, 1.82) is 0 Å². The first-order valence-electron chi connectivity index (χ1n) is 3.46. The Morgan fingerprint density at radius 2 is 2.09 bits per heavy atom. The lowest BCUT2D eigenvalue weighted by Crippen LogP contribution is -2.14. The highest BCUT2D eigenvalue weighted by molar-refractivity contribution is 5.86. The van der Waals surface area contributed by atoms with Crippen LogP contribution in [0.5, 0.6) is 0 Å². The molecule has 0 spiro atoms. The molecule has 0 aromatic rings. The second-order valence-corrected chi connectivity index (χ2v) is 1.75. The van der Waals surface area contributed by atoms with E-state index in [9.17, 15) is 4.79 Å². The van der Waals surface area contributed by atoms with Crippen molar-refractivity contribution in [2.24, 2.45) is 5.73 Å². The summed E-state index contributed by atoms with van der Waals surface area (Å²) >= 11 is 0. The van der Waals surface area contributed by atoms with Crippen LogP contribution in [-0.2, 0) is 14.3 Å². The van der Waals surface area contributed by atoms with E-state index < -0.39 is 5.97 Å². The van der Waals surface area contributed by atoms with Crippen molar-refractivity contribution in [2.75, 3.05) is 13.2 Å². The molecule has 0 aliphatic heterocycles. The second kappa shape index (κ2) is 5.58. The van der Waals surface area contributed by atoms with Crippen molar-refractivity contribution in [2.45, 2.75) is 13.8 Å². The summed E-state index contributed by atoms with van der Waals surface area (Å²) < 4.78 is 9.36. The molecular weight excluding hydrogens is 146 g/mol. The summed E-state index contributed by atoms with van der Waals surface area (Å²) in [5.41, 5.74) is 5.25. The minimum atomic E-state index is -0.541. The van der Waals surface area contributed by atoms with E-state index in [1.54, 1.807) is 13.8 Å². The van der Waals surface area contributed by atoms with Gasteiger partial charge in [0.25, 0.3) is 0 Å². The molecule has 0 amide bonds. The van der Waals surface area contributed by atoms with Crippen LogP contribution >= 0.6 is 0 Å². The first-order valence-corrected chi connectivity index (χ1v) is 3.46. The maximum absolute atomic E-state index is 10.8. The van der Waals surface area contributed by atoms with E-state index in [2.05, 4.69) is 4.74 Å². The van der Waals surface area contributed by atoms with Crippen molar-refractivity contribution in [3.05, 3.63) is 12.0 Å². The van der Waals surface area contributed by atoms with Crippen molar-refractivity contribution in [1.82, 2.24) is 0 Å². The van der Waals surface area contributed by atoms with Crippen LogP contribution in [0.1, 0.15) is 13.8 Å².